The third-order valence-corrected chi connectivity index (χ3v) is 2.90. The van der Waals surface area contributed by atoms with Crippen molar-refractivity contribution in [2.24, 2.45) is 11.8 Å². The Bertz CT molecular complexity index is 423. The molecule has 0 spiro atoms. The number of carbonyl (C=O) groups is 1. The molecule has 0 fully saturated rings. The number of aromatic nitrogens is 1. The van der Waals surface area contributed by atoms with E-state index in [2.05, 4.69) is 24.3 Å². The van der Waals surface area contributed by atoms with Crippen molar-refractivity contribution in [2.75, 3.05) is 19.0 Å². The minimum atomic E-state index is -0.0892. The lowest BCUT2D eigenvalue weighted by Crippen LogP contribution is -2.28. The molecule has 1 aromatic rings. The van der Waals surface area contributed by atoms with E-state index in [4.69, 9.17) is 17.4 Å². The maximum atomic E-state index is 12.1. The molecule has 5 nitrogen and oxygen atoms in total. The van der Waals surface area contributed by atoms with E-state index in [0.29, 0.717) is 28.9 Å². The fraction of sp³-hybridized carbons (Fsp3) is 0.500. The Balaban J connectivity index is 2.74. The first-order chi connectivity index (χ1) is 8.45. The van der Waals surface area contributed by atoms with Gasteiger partial charge in [-0.2, -0.15) is 0 Å². The Morgan fingerprint density at radius 2 is 2.28 bits per heavy atom. The second-order valence-electron chi connectivity index (χ2n) is 4.61. The number of carbonyl (C=O) groups excluding carboxylic acids is 1. The number of nitrogens with one attached hydrogen (secondary N) is 1. The average molecular weight is 271 g/mol. The lowest BCUT2D eigenvalue weighted by Gasteiger charge is -2.18. The molecule has 0 aromatic carbocycles. The van der Waals surface area contributed by atoms with E-state index in [1.54, 1.807) is 18.0 Å². The average Bonchev–Trinajstić information content (AvgIpc) is 2.34. The fourth-order valence-electron chi connectivity index (χ4n) is 1.43. The zero-order valence-electron chi connectivity index (χ0n) is 10.9. The minimum absolute atomic E-state index is 0.0892. The number of hydrazine groups is 1. The highest BCUT2D eigenvalue weighted by Gasteiger charge is 2.14. The van der Waals surface area contributed by atoms with Crippen LogP contribution in [-0.2, 0) is 0 Å². The number of nitrogens with two attached hydrogens (primary N) is 1. The SMILES string of the molecule is CC(C)CCN(C)C(=O)c1cnc(NN)c(Cl)c1. The molecule has 0 radical (unpaired) electrons. The zero-order chi connectivity index (χ0) is 13.7. The zero-order valence-corrected chi connectivity index (χ0v) is 11.7. The molecule has 0 saturated carbocycles. The lowest BCUT2D eigenvalue weighted by atomic mass is 10.1. The van der Waals surface area contributed by atoms with E-state index in [1.807, 2.05) is 0 Å². The molecule has 18 heavy (non-hydrogen) atoms. The van der Waals surface area contributed by atoms with Crippen LogP contribution >= 0.6 is 11.6 Å². The largest absolute Gasteiger partial charge is 0.342 e. The van der Waals surface area contributed by atoms with Crippen LogP contribution in [0, 0.1) is 5.92 Å². The molecule has 0 bridgehead atoms. The number of amides is 1. The van der Waals surface area contributed by atoms with Gasteiger partial charge in [-0.3, -0.25) is 4.79 Å². The number of hydrogen-bond donors (Lipinski definition) is 2. The van der Waals surface area contributed by atoms with Gasteiger partial charge < -0.3 is 10.3 Å². The molecule has 0 unspecified atom stereocenters. The topological polar surface area (TPSA) is 71.2 Å². The first-order valence-electron chi connectivity index (χ1n) is 5.83. The van der Waals surface area contributed by atoms with Crippen LogP contribution in [-0.4, -0.2) is 29.4 Å². The van der Waals surface area contributed by atoms with Crippen molar-refractivity contribution in [1.29, 1.82) is 0 Å². The van der Waals surface area contributed by atoms with Gasteiger partial charge in [0.1, 0.15) is 0 Å². The summed E-state index contributed by atoms with van der Waals surface area (Å²) in [7, 11) is 1.77. The summed E-state index contributed by atoms with van der Waals surface area (Å²) < 4.78 is 0. The summed E-state index contributed by atoms with van der Waals surface area (Å²) in [5.41, 5.74) is 2.83. The summed E-state index contributed by atoms with van der Waals surface area (Å²) in [6, 6.07) is 1.57. The highest BCUT2D eigenvalue weighted by atomic mass is 35.5. The summed E-state index contributed by atoms with van der Waals surface area (Å²) in [6.45, 7) is 4.96. The first-order valence-corrected chi connectivity index (χ1v) is 6.21. The number of anilines is 1. The number of hydrogen-bond acceptors (Lipinski definition) is 4. The van der Waals surface area contributed by atoms with Crippen LogP contribution in [0.5, 0.6) is 0 Å². The van der Waals surface area contributed by atoms with Gasteiger partial charge in [-0.15, -0.1) is 0 Å². The Labute approximate surface area is 112 Å². The molecule has 1 amide bonds. The fourth-order valence-corrected chi connectivity index (χ4v) is 1.66. The second-order valence-corrected chi connectivity index (χ2v) is 5.02. The maximum absolute atomic E-state index is 12.1. The molecular weight excluding hydrogens is 252 g/mol. The van der Waals surface area contributed by atoms with E-state index in [-0.39, 0.29) is 5.91 Å². The van der Waals surface area contributed by atoms with E-state index in [9.17, 15) is 4.79 Å². The van der Waals surface area contributed by atoms with Crippen LogP contribution in [0.4, 0.5) is 5.82 Å². The number of nitrogen functional groups attached to an aromatic ring is 1. The quantitative estimate of drug-likeness (QED) is 0.635. The van der Waals surface area contributed by atoms with Crippen molar-refractivity contribution in [3.8, 4) is 0 Å². The molecule has 3 N–H and O–H groups in total. The summed E-state index contributed by atoms with van der Waals surface area (Å²) in [6.07, 6.45) is 2.43. The van der Waals surface area contributed by atoms with Gasteiger partial charge in [-0.1, -0.05) is 25.4 Å². The van der Waals surface area contributed by atoms with E-state index in [0.717, 1.165) is 6.42 Å². The van der Waals surface area contributed by atoms with E-state index < -0.39 is 0 Å². The van der Waals surface area contributed by atoms with Crippen molar-refractivity contribution in [2.45, 2.75) is 20.3 Å². The molecule has 6 heteroatoms. The number of nitrogens with zero attached hydrogens (tertiary/aromatic N) is 2. The Hall–Kier alpha value is -1.33. The molecule has 1 aromatic heterocycles. The number of halogens is 1. The lowest BCUT2D eigenvalue weighted by molar-refractivity contribution is 0.0789. The normalized spacial score (nSPS) is 10.6. The molecule has 1 rings (SSSR count). The van der Waals surface area contributed by atoms with Gasteiger partial charge >= 0.3 is 0 Å². The van der Waals surface area contributed by atoms with Crippen LogP contribution in [0.1, 0.15) is 30.6 Å². The van der Waals surface area contributed by atoms with Gasteiger partial charge in [0.2, 0.25) is 0 Å². The van der Waals surface area contributed by atoms with Gasteiger partial charge in [0, 0.05) is 19.8 Å². The van der Waals surface area contributed by atoms with Crippen LogP contribution in [0.25, 0.3) is 0 Å². The second kappa shape index (κ2) is 6.56. The summed E-state index contributed by atoms with van der Waals surface area (Å²) in [4.78, 5) is 17.7. The number of pyridine rings is 1. The molecule has 0 aliphatic heterocycles. The van der Waals surface area contributed by atoms with Crippen molar-refractivity contribution in [3.63, 3.8) is 0 Å². The highest BCUT2D eigenvalue weighted by Crippen LogP contribution is 2.19. The van der Waals surface area contributed by atoms with Gasteiger partial charge in [0.15, 0.2) is 5.82 Å². The highest BCUT2D eigenvalue weighted by molar-refractivity contribution is 6.33. The summed E-state index contributed by atoms with van der Waals surface area (Å²) in [5, 5.41) is 0.334. The van der Waals surface area contributed by atoms with Crippen LogP contribution in [0.15, 0.2) is 12.3 Å². The first kappa shape index (κ1) is 14.7. The number of rotatable bonds is 5. The smallest absolute Gasteiger partial charge is 0.255 e. The third kappa shape index (κ3) is 3.85. The molecular formula is C12H19ClN4O. The van der Waals surface area contributed by atoms with Gasteiger partial charge in [0.05, 0.1) is 10.6 Å². The molecule has 0 atom stereocenters. The van der Waals surface area contributed by atoms with Crippen molar-refractivity contribution < 1.29 is 4.79 Å². The molecule has 100 valence electrons. The van der Waals surface area contributed by atoms with Gasteiger partial charge in [-0.25, -0.2) is 10.8 Å². The Morgan fingerprint density at radius 1 is 1.61 bits per heavy atom. The summed E-state index contributed by atoms with van der Waals surface area (Å²) in [5.74, 6) is 6.06. The Kier molecular flexibility index (Phi) is 5.37. The predicted molar refractivity (Wildman–Crippen MR) is 73.5 cm³/mol. The van der Waals surface area contributed by atoms with Gasteiger partial charge in [-0.05, 0) is 18.4 Å². The molecule has 0 saturated heterocycles. The monoisotopic (exact) mass is 270 g/mol. The third-order valence-electron chi connectivity index (χ3n) is 2.61. The van der Waals surface area contributed by atoms with Crippen LogP contribution in [0.2, 0.25) is 5.02 Å². The van der Waals surface area contributed by atoms with Gasteiger partial charge in [0.25, 0.3) is 5.91 Å². The standard InChI is InChI=1S/C12H19ClN4O/c1-8(2)4-5-17(3)12(18)9-6-10(13)11(16-14)15-7-9/h6-8H,4-5,14H2,1-3H3,(H,15,16). The van der Waals surface area contributed by atoms with Crippen LogP contribution in [0.3, 0.4) is 0 Å². The molecule has 1 heterocycles. The molecule has 0 aliphatic carbocycles. The predicted octanol–water partition coefficient (Wildman–Crippen LogP) is 2.14. The van der Waals surface area contributed by atoms with Crippen LogP contribution < -0.4 is 11.3 Å². The molecule has 0 aliphatic rings. The van der Waals surface area contributed by atoms with Crippen molar-refractivity contribution >= 4 is 23.3 Å². The van der Waals surface area contributed by atoms with E-state index in [1.165, 1.54) is 6.20 Å². The van der Waals surface area contributed by atoms with Crippen molar-refractivity contribution in [3.05, 3.63) is 22.8 Å². The van der Waals surface area contributed by atoms with E-state index >= 15 is 0 Å². The summed E-state index contributed by atoms with van der Waals surface area (Å²) >= 11 is 5.93. The maximum Gasteiger partial charge on any atom is 0.255 e. The Morgan fingerprint density at radius 3 is 2.78 bits per heavy atom. The minimum Gasteiger partial charge on any atom is -0.342 e. The van der Waals surface area contributed by atoms with Crippen molar-refractivity contribution in [1.82, 2.24) is 9.88 Å².